The highest BCUT2D eigenvalue weighted by Gasteiger charge is 2.21. The molecule has 0 aliphatic heterocycles. The standard InChI is InChI=1S/C12H14N2O6/c1-7(14(18)19)9-4-3-8(12(16)17)5-10(9)13-11(15)6-20-2/h3-5,7H,6H2,1-2H3,(H,13,15)(H,16,17)/p-1. The van der Waals surface area contributed by atoms with Gasteiger partial charge in [0.2, 0.25) is 11.9 Å². The summed E-state index contributed by atoms with van der Waals surface area (Å²) in [7, 11) is 1.32. The molecule has 0 radical (unpaired) electrons. The van der Waals surface area contributed by atoms with Crippen LogP contribution >= 0.6 is 0 Å². The van der Waals surface area contributed by atoms with Crippen molar-refractivity contribution in [3.63, 3.8) is 0 Å². The lowest BCUT2D eigenvalue weighted by molar-refractivity contribution is -0.524. The van der Waals surface area contributed by atoms with Crippen LogP contribution in [0.1, 0.15) is 28.9 Å². The van der Waals surface area contributed by atoms with Gasteiger partial charge in [0.05, 0.1) is 11.7 Å². The first-order valence-corrected chi connectivity index (χ1v) is 5.64. The zero-order chi connectivity index (χ0) is 15.3. The molecule has 108 valence electrons. The van der Waals surface area contributed by atoms with Crippen LogP contribution < -0.4 is 10.4 Å². The Bertz CT molecular complexity index is 543. The Kier molecular flexibility index (Phi) is 5.15. The van der Waals surface area contributed by atoms with Gasteiger partial charge < -0.3 is 20.0 Å². The third-order valence-electron chi connectivity index (χ3n) is 2.60. The van der Waals surface area contributed by atoms with Crippen molar-refractivity contribution in [3.05, 3.63) is 39.4 Å². The van der Waals surface area contributed by atoms with Gasteiger partial charge >= 0.3 is 0 Å². The minimum atomic E-state index is -1.44. The molecule has 8 nitrogen and oxygen atoms in total. The molecule has 0 bridgehead atoms. The number of rotatable bonds is 6. The zero-order valence-electron chi connectivity index (χ0n) is 10.9. The molecule has 1 aromatic carbocycles. The molecule has 0 aliphatic carbocycles. The SMILES string of the molecule is COCC(=O)Nc1cc(C(=O)[O-])ccc1C(C)[N+](=O)[O-]. The highest BCUT2D eigenvalue weighted by atomic mass is 16.6. The predicted octanol–water partition coefficient (Wildman–Crippen LogP) is -0.0273. The van der Waals surface area contributed by atoms with Gasteiger partial charge in [0, 0.05) is 24.5 Å². The molecule has 20 heavy (non-hydrogen) atoms. The summed E-state index contributed by atoms with van der Waals surface area (Å²) in [6.07, 6.45) is 0. The molecule has 1 rings (SSSR count). The number of hydrogen-bond acceptors (Lipinski definition) is 6. The molecule has 0 heterocycles. The maximum atomic E-state index is 11.5. The number of carbonyl (C=O) groups is 2. The van der Waals surface area contributed by atoms with Crippen LogP contribution in [0.3, 0.4) is 0 Å². The molecule has 1 atom stereocenters. The lowest BCUT2D eigenvalue weighted by atomic mass is 10.0. The van der Waals surface area contributed by atoms with E-state index in [0.29, 0.717) is 0 Å². The monoisotopic (exact) mass is 281 g/mol. The molecule has 1 unspecified atom stereocenters. The van der Waals surface area contributed by atoms with Crippen molar-refractivity contribution in [2.45, 2.75) is 13.0 Å². The maximum Gasteiger partial charge on any atom is 0.250 e. The van der Waals surface area contributed by atoms with E-state index in [4.69, 9.17) is 0 Å². The van der Waals surface area contributed by atoms with Gasteiger partial charge in [-0.05, 0) is 17.7 Å². The Morgan fingerprint density at radius 1 is 1.45 bits per heavy atom. The molecule has 0 aliphatic rings. The van der Waals surface area contributed by atoms with E-state index >= 15 is 0 Å². The van der Waals surface area contributed by atoms with Crippen molar-refractivity contribution in [1.29, 1.82) is 0 Å². The highest BCUT2D eigenvalue weighted by Crippen LogP contribution is 2.26. The van der Waals surface area contributed by atoms with Crippen LogP contribution in [0.5, 0.6) is 0 Å². The topological polar surface area (TPSA) is 122 Å². The second-order valence-corrected chi connectivity index (χ2v) is 4.03. The van der Waals surface area contributed by atoms with E-state index < -0.39 is 22.8 Å². The fourth-order valence-electron chi connectivity index (χ4n) is 1.59. The smallest absolute Gasteiger partial charge is 0.250 e. The Balaban J connectivity index is 3.19. The van der Waals surface area contributed by atoms with E-state index in [1.165, 1.54) is 26.2 Å². The summed E-state index contributed by atoms with van der Waals surface area (Å²) < 4.78 is 4.63. The highest BCUT2D eigenvalue weighted by molar-refractivity contribution is 5.95. The van der Waals surface area contributed by atoms with E-state index in [9.17, 15) is 24.8 Å². The van der Waals surface area contributed by atoms with Crippen LogP contribution in [0.2, 0.25) is 0 Å². The second-order valence-electron chi connectivity index (χ2n) is 4.03. The number of nitrogens with zero attached hydrogens (tertiary/aromatic N) is 1. The number of carboxylic acid groups (broad SMARTS) is 1. The summed E-state index contributed by atoms with van der Waals surface area (Å²) in [5.41, 5.74) is 0.0689. The number of hydrogen-bond donors (Lipinski definition) is 1. The Morgan fingerprint density at radius 2 is 2.10 bits per heavy atom. The summed E-state index contributed by atoms with van der Waals surface area (Å²) in [5.74, 6) is -1.98. The molecule has 8 heteroatoms. The lowest BCUT2D eigenvalue weighted by Gasteiger charge is -2.14. The van der Waals surface area contributed by atoms with Crippen molar-refractivity contribution in [1.82, 2.24) is 0 Å². The second kappa shape index (κ2) is 6.62. The van der Waals surface area contributed by atoms with Gasteiger partial charge in [0.25, 0.3) is 0 Å². The molecule has 0 fully saturated rings. The summed E-state index contributed by atoms with van der Waals surface area (Å²) in [5, 5.41) is 24.0. The van der Waals surface area contributed by atoms with Gasteiger partial charge in [-0.15, -0.1) is 0 Å². The van der Waals surface area contributed by atoms with Crippen LogP contribution in [0.4, 0.5) is 5.69 Å². The van der Waals surface area contributed by atoms with E-state index in [1.54, 1.807) is 0 Å². The maximum absolute atomic E-state index is 11.5. The van der Waals surface area contributed by atoms with Crippen LogP contribution in [-0.2, 0) is 9.53 Å². The van der Waals surface area contributed by atoms with Gasteiger partial charge in [0.15, 0.2) is 0 Å². The van der Waals surface area contributed by atoms with Crippen molar-refractivity contribution in [2.24, 2.45) is 0 Å². The minimum Gasteiger partial charge on any atom is -0.545 e. The average Bonchev–Trinajstić information content (AvgIpc) is 2.37. The number of amides is 1. The normalized spacial score (nSPS) is 11.7. The van der Waals surface area contributed by atoms with E-state index in [-0.39, 0.29) is 23.4 Å². The van der Waals surface area contributed by atoms with Gasteiger partial charge in [-0.25, -0.2) is 0 Å². The van der Waals surface area contributed by atoms with Gasteiger partial charge in [-0.2, -0.15) is 0 Å². The third-order valence-corrected chi connectivity index (χ3v) is 2.60. The molecule has 1 aromatic rings. The number of nitro groups is 1. The molecule has 0 saturated heterocycles. The summed E-state index contributed by atoms with van der Waals surface area (Å²) in [6, 6.07) is 2.50. The van der Waals surface area contributed by atoms with Crippen molar-refractivity contribution >= 4 is 17.6 Å². The number of carboxylic acids is 1. The van der Waals surface area contributed by atoms with Gasteiger partial charge in [-0.1, -0.05) is 6.07 Å². The Labute approximate surface area is 114 Å². The molecule has 0 spiro atoms. The number of methoxy groups -OCH3 is 1. The third kappa shape index (κ3) is 3.75. The summed E-state index contributed by atoms with van der Waals surface area (Å²) in [4.78, 5) is 32.5. The van der Waals surface area contributed by atoms with Crippen molar-refractivity contribution in [2.75, 3.05) is 19.0 Å². The first-order valence-electron chi connectivity index (χ1n) is 5.64. The van der Waals surface area contributed by atoms with Crippen LogP contribution in [0, 0.1) is 10.1 Å². The number of benzene rings is 1. The van der Waals surface area contributed by atoms with E-state index in [1.807, 2.05) is 0 Å². The molecule has 1 N–H and O–H groups in total. The first-order chi connectivity index (χ1) is 9.36. The lowest BCUT2D eigenvalue weighted by Crippen LogP contribution is -2.24. The quantitative estimate of drug-likeness (QED) is 0.577. The number of ether oxygens (including phenoxy) is 1. The number of aromatic carboxylic acids is 1. The van der Waals surface area contributed by atoms with Crippen LogP contribution in [-0.4, -0.2) is 30.5 Å². The number of anilines is 1. The average molecular weight is 281 g/mol. The van der Waals surface area contributed by atoms with Crippen LogP contribution in [0.25, 0.3) is 0 Å². The molecular weight excluding hydrogens is 268 g/mol. The van der Waals surface area contributed by atoms with Gasteiger partial charge in [0.1, 0.15) is 6.61 Å². The molecule has 0 saturated carbocycles. The predicted molar refractivity (Wildman–Crippen MR) is 66.7 cm³/mol. The van der Waals surface area contributed by atoms with Crippen LogP contribution in [0.15, 0.2) is 18.2 Å². The fourth-order valence-corrected chi connectivity index (χ4v) is 1.59. The Hall–Kier alpha value is -2.48. The number of carbonyl (C=O) groups excluding carboxylic acids is 2. The molecular formula is C12H13N2O6-. The van der Waals surface area contributed by atoms with E-state index in [0.717, 1.165) is 6.07 Å². The van der Waals surface area contributed by atoms with Crippen molar-refractivity contribution in [3.8, 4) is 0 Å². The molecule has 0 aromatic heterocycles. The molecule has 1 amide bonds. The Morgan fingerprint density at radius 3 is 2.60 bits per heavy atom. The van der Waals surface area contributed by atoms with Crippen molar-refractivity contribution < 1.29 is 24.4 Å². The number of nitrogens with one attached hydrogen (secondary N) is 1. The van der Waals surface area contributed by atoms with E-state index in [2.05, 4.69) is 10.1 Å². The largest absolute Gasteiger partial charge is 0.545 e. The minimum absolute atomic E-state index is 0.0537. The fraction of sp³-hybridized carbons (Fsp3) is 0.333. The first kappa shape index (κ1) is 15.6. The zero-order valence-corrected chi connectivity index (χ0v) is 10.9. The van der Waals surface area contributed by atoms with Gasteiger partial charge in [-0.3, -0.25) is 14.9 Å². The summed E-state index contributed by atoms with van der Waals surface area (Å²) in [6.45, 7) is 1.09. The summed E-state index contributed by atoms with van der Waals surface area (Å²) >= 11 is 0.